The second-order valence-electron chi connectivity index (χ2n) is 6.46. The van der Waals surface area contributed by atoms with Crippen molar-refractivity contribution in [2.45, 2.75) is 11.5 Å². The van der Waals surface area contributed by atoms with Crippen LogP contribution in [0.3, 0.4) is 0 Å². The van der Waals surface area contributed by atoms with E-state index in [0.29, 0.717) is 22.7 Å². The molecule has 162 valence electrons. The highest BCUT2D eigenvalue weighted by molar-refractivity contribution is 7.90. The number of aromatic nitrogens is 2. The lowest BCUT2D eigenvalue weighted by Gasteiger charge is -2.12. The molecule has 30 heavy (non-hydrogen) atoms. The Kier molecular flexibility index (Phi) is 6.70. The summed E-state index contributed by atoms with van der Waals surface area (Å²) in [5.74, 6) is -1.62. The van der Waals surface area contributed by atoms with Crippen molar-refractivity contribution in [2.24, 2.45) is 0 Å². The molecule has 12 heteroatoms. The maximum Gasteiger partial charge on any atom is 0.314 e. The number of amides is 2. The van der Waals surface area contributed by atoms with E-state index in [-0.39, 0.29) is 43.7 Å². The van der Waals surface area contributed by atoms with Crippen LogP contribution >= 0.6 is 0 Å². The van der Waals surface area contributed by atoms with Gasteiger partial charge in [0.15, 0.2) is 9.84 Å². The summed E-state index contributed by atoms with van der Waals surface area (Å²) in [4.78, 5) is 24.4. The molecule has 0 aliphatic carbocycles. The van der Waals surface area contributed by atoms with Gasteiger partial charge in [-0.25, -0.2) is 13.1 Å². The fourth-order valence-corrected chi connectivity index (χ4v) is 4.42. The van der Waals surface area contributed by atoms with Crippen molar-refractivity contribution < 1.29 is 32.6 Å². The number of carbonyl (C=O) groups excluding carboxylic acids is 2. The van der Waals surface area contributed by atoms with E-state index in [4.69, 9.17) is 14.6 Å². The number of benzene rings is 1. The molecule has 0 saturated heterocycles. The normalized spacial score (nSPS) is 14.2. The Morgan fingerprint density at radius 3 is 2.57 bits per heavy atom. The topological polar surface area (TPSA) is 149 Å². The van der Waals surface area contributed by atoms with Gasteiger partial charge in [0, 0.05) is 12.1 Å². The standard InChI is InChI=1S/C18H22N4O7S/c1-28-13-4-2-12(3-5-13)22-16(14-10-30(26,27)11-15(14)21-22)20-18(25)17(24)19-6-8-29-9-7-23/h2-5,23H,6-11H2,1H3,(H,19,24)(H,20,25). The second-order valence-corrected chi connectivity index (χ2v) is 8.53. The smallest absolute Gasteiger partial charge is 0.314 e. The zero-order valence-corrected chi connectivity index (χ0v) is 17.1. The first-order valence-electron chi connectivity index (χ1n) is 9.08. The molecule has 11 nitrogen and oxygen atoms in total. The third kappa shape index (κ3) is 4.96. The van der Waals surface area contributed by atoms with Crippen LogP contribution in [-0.2, 0) is 35.7 Å². The number of hydrogen-bond acceptors (Lipinski definition) is 8. The predicted octanol–water partition coefficient (Wildman–Crippen LogP) is -0.627. The molecule has 0 fully saturated rings. The number of hydrogen-bond donors (Lipinski definition) is 3. The number of aliphatic hydroxyl groups excluding tert-OH is 1. The predicted molar refractivity (Wildman–Crippen MR) is 106 cm³/mol. The van der Waals surface area contributed by atoms with Crippen LogP contribution in [0.2, 0.25) is 0 Å². The Balaban J connectivity index is 1.80. The average Bonchev–Trinajstić information content (AvgIpc) is 3.20. The maximum atomic E-state index is 12.4. The minimum Gasteiger partial charge on any atom is -0.497 e. The molecule has 0 atom stereocenters. The minimum atomic E-state index is -3.36. The number of methoxy groups -OCH3 is 1. The quantitative estimate of drug-likeness (QED) is 0.364. The van der Waals surface area contributed by atoms with Gasteiger partial charge >= 0.3 is 11.8 Å². The fourth-order valence-electron chi connectivity index (χ4n) is 2.93. The van der Waals surface area contributed by atoms with E-state index in [9.17, 15) is 18.0 Å². The third-order valence-corrected chi connectivity index (χ3v) is 5.75. The number of carbonyl (C=O) groups is 2. The van der Waals surface area contributed by atoms with E-state index in [0.717, 1.165) is 0 Å². The SMILES string of the molecule is COc1ccc(-n2nc3c(c2NC(=O)C(=O)NCCOCCO)CS(=O)(=O)C3)cc1. The summed E-state index contributed by atoms with van der Waals surface area (Å²) in [6, 6.07) is 6.79. The number of fused-ring (bicyclic) bond motifs is 1. The van der Waals surface area contributed by atoms with Crippen LogP contribution in [0.15, 0.2) is 24.3 Å². The molecule has 0 radical (unpaired) electrons. The first-order valence-corrected chi connectivity index (χ1v) is 10.9. The highest BCUT2D eigenvalue weighted by Gasteiger charge is 2.33. The molecule has 0 bridgehead atoms. The molecule has 2 amide bonds. The minimum absolute atomic E-state index is 0.0798. The largest absolute Gasteiger partial charge is 0.497 e. The number of aliphatic hydroxyl groups is 1. The lowest BCUT2D eigenvalue weighted by atomic mass is 10.2. The van der Waals surface area contributed by atoms with Gasteiger partial charge in [0.2, 0.25) is 0 Å². The van der Waals surface area contributed by atoms with Crippen LogP contribution in [0.1, 0.15) is 11.3 Å². The van der Waals surface area contributed by atoms with Crippen LogP contribution in [0.5, 0.6) is 5.75 Å². The summed E-state index contributed by atoms with van der Waals surface area (Å²) < 4.78 is 35.5. The van der Waals surface area contributed by atoms with Gasteiger partial charge in [0.25, 0.3) is 0 Å². The van der Waals surface area contributed by atoms with Gasteiger partial charge in [-0.3, -0.25) is 9.59 Å². The van der Waals surface area contributed by atoms with Crippen LogP contribution in [0, 0.1) is 0 Å². The molecule has 2 heterocycles. The van der Waals surface area contributed by atoms with E-state index in [2.05, 4.69) is 15.7 Å². The summed E-state index contributed by atoms with van der Waals surface area (Å²) in [5.41, 5.74) is 1.26. The van der Waals surface area contributed by atoms with Gasteiger partial charge in [-0.15, -0.1) is 0 Å². The monoisotopic (exact) mass is 438 g/mol. The van der Waals surface area contributed by atoms with Crippen LogP contribution in [-0.4, -0.2) is 68.6 Å². The highest BCUT2D eigenvalue weighted by Crippen LogP contribution is 2.33. The first-order chi connectivity index (χ1) is 14.3. The van der Waals surface area contributed by atoms with Gasteiger partial charge in [-0.05, 0) is 24.3 Å². The van der Waals surface area contributed by atoms with Crippen molar-refractivity contribution in [3.8, 4) is 11.4 Å². The van der Waals surface area contributed by atoms with Gasteiger partial charge in [0.05, 0.1) is 49.8 Å². The van der Waals surface area contributed by atoms with Gasteiger partial charge in [-0.2, -0.15) is 5.10 Å². The molecular formula is C18H22N4O7S. The Hall–Kier alpha value is -2.96. The average molecular weight is 438 g/mol. The Morgan fingerprint density at radius 2 is 1.90 bits per heavy atom. The molecule has 1 aromatic carbocycles. The van der Waals surface area contributed by atoms with Gasteiger partial charge < -0.3 is 25.2 Å². The second kappa shape index (κ2) is 9.24. The summed E-state index contributed by atoms with van der Waals surface area (Å²) in [7, 11) is -1.83. The summed E-state index contributed by atoms with van der Waals surface area (Å²) in [6.45, 7) is 0.203. The third-order valence-electron chi connectivity index (χ3n) is 4.31. The molecule has 3 rings (SSSR count). The van der Waals surface area contributed by atoms with E-state index in [1.165, 1.54) is 11.8 Å². The lowest BCUT2D eigenvalue weighted by molar-refractivity contribution is -0.136. The molecule has 0 saturated carbocycles. The molecule has 1 aliphatic heterocycles. The summed E-state index contributed by atoms with van der Waals surface area (Å²) in [5, 5.41) is 17.8. The van der Waals surface area contributed by atoms with Crippen molar-refractivity contribution in [1.29, 1.82) is 0 Å². The van der Waals surface area contributed by atoms with E-state index < -0.39 is 21.7 Å². The number of rotatable bonds is 8. The van der Waals surface area contributed by atoms with Crippen molar-refractivity contribution in [2.75, 3.05) is 38.8 Å². The Labute approximate surface area is 172 Å². The fraction of sp³-hybridized carbons (Fsp3) is 0.389. The van der Waals surface area contributed by atoms with E-state index in [1.807, 2.05) is 0 Å². The molecule has 0 spiro atoms. The summed E-state index contributed by atoms with van der Waals surface area (Å²) >= 11 is 0. The maximum absolute atomic E-state index is 12.4. The van der Waals surface area contributed by atoms with Crippen LogP contribution in [0.25, 0.3) is 5.69 Å². The van der Waals surface area contributed by atoms with Crippen molar-refractivity contribution in [3.05, 3.63) is 35.5 Å². The Morgan fingerprint density at radius 1 is 1.17 bits per heavy atom. The van der Waals surface area contributed by atoms with Crippen molar-refractivity contribution in [3.63, 3.8) is 0 Å². The lowest BCUT2D eigenvalue weighted by Crippen LogP contribution is -2.37. The molecule has 1 aliphatic rings. The zero-order valence-electron chi connectivity index (χ0n) is 16.3. The Bertz CT molecular complexity index is 1030. The number of ether oxygens (including phenoxy) is 2. The number of nitrogens with one attached hydrogen (secondary N) is 2. The number of anilines is 1. The summed E-state index contributed by atoms with van der Waals surface area (Å²) in [6.07, 6.45) is 0. The van der Waals surface area contributed by atoms with Gasteiger partial charge in [-0.1, -0.05) is 0 Å². The molecule has 3 N–H and O–H groups in total. The van der Waals surface area contributed by atoms with E-state index >= 15 is 0 Å². The molecule has 0 unspecified atom stereocenters. The highest BCUT2D eigenvalue weighted by atomic mass is 32.2. The van der Waals surface area contributed by atoms with Crippen LogP contribution < -0.4 is 15.4 Å². The molecular weight excluding hydrogens is 416 g/mol. The van der Waals surface area contributed by atoms with Crippen molar-refractivity contribution in [1.82, 2.24) is 15.1 Å². The molecule has 2 aromatic rings. The first kappa shape index (κ1) is 21.7. The van der Waals surface area contributed by atoms with Crippen LogP contribution in [0.4, 0.5) is 5.82 Å². The number of nitrogens with zero attached hydrogens (tertiary/aromatic N) is 2. The van der Waals surface area contributed by atoms with Crippen molar-refractivity contribution >= 4 is 27.5 Å². The van der Waals surface area contributed by atoms with E-state index in [1.54, 1.807) is 24.3 Å². The number of sulfone groups is 1. The zero-order chi connectivity index (χ0) is 21.7. The molecule has 1 aromatic heterocycles. The van der Waals surface area contributed by atoms with Gasteiger partial charge in [0.1, 0.15) is 11.6 Å².